The van der Waals surface area contributed by atoms with Gasteiger partial charge in [0.15, 0.2) is 0 Å². The summed E-state index contributed by atoms with van der Waals surface area (Å²) in [6, 6.07) is 19.7. The molecule has 0 radical (unpaired) electrons. The highest BCUT2D eigenvalue weighted by Gasteiger charge is 2.48. The van der Waals surface area contributed by atoms with E-state index >= 15 is 0 Å². The first-order valence-electron chi connectivity index (χ1n) is 10.5. The largest absolute Gasteiger partial charge is 0.497 e. The number of halogens is 2. The molecule has 3 aromatic carbocycles. The lowest BCUT2D eigenvalue weighted by atomic mass is 9.78. The summed E-state index contributed by atoms with van der Waals surface area (Å²) in [6.07, 6.45) is 0.978. The molecule has 4 rings (SSSR count). The number of nitrogens with zero attached hydrogens (tertiary/aromatic N) is 1. The molecule has 1 heterocycles. The lowest BCUT2D eigenvalue weighted by Crippen LogP contribution is -2.55. The number of hydrogen-bond acceptors (Lipinski definition) is 3. The molecule has 32 heavy (non-hydrogen) atoms. The number of carbonyl (C=O) groups is 1. The van der Waals surface area contributed by atoms with Gasteiger partial charge >= 0.3 is 0 Å². The normalized spacial score (nSPS) is 18.9. The van der Waals surface area contributed by atoms with E-state index in [0.29, 0.717) is 18.5 Å². The molecule has 0 N–H and O–H groups in total. The molecule has 1 aliphatic heterocycles. The molecule has 3 aromatic rings. The van der Waals surface area contributed by atoms with Crippen LogP contribution in [0.4, 0.5) is 14.5 Å². The third kappa shape index (κ3) is 4.36. The minimum Gasteiger partial charge on any atom is -0.497 e. The number of amides is 1. The Morgan fingerprint density at radius 3 is 2.03 bits per heavy atom. The highest BCUT2D eigenvalue weighted by Crippen LogP contribution is 2.46. The smallest absolute Gasteiger partial charge is 0.233 e. The summed E-state index contributed by atoms with van der Waals surface area (Å²) >= 11 is 0. The van der Waals surface area contributed by atoms with Gasteiger partial charge in [-0.3, -0.25) is 4.79 Å². The standard InChI is InChI=1S/C26H25F2NO3/c1-31-22-13-5-18(6-14-22)25-23(26(30)29(25)21-11-9-20(28)10-12-21)15-16-24(32-2)17-3-7-19(27)8-4-17/h3-14,23-25H,15-16H2,1-2H3. The van der Waals surface area contributed by atoms with Crippen molar-refractivity contribution in [1.29, 1.82) is 0 Å². The van der Waals surface area contributed by atoms with Crippen LogP contribution in [0.5, 0.6) is 5.75 Å². The van der Waals surface area contributed by atoms with Gasteiger partial charge in [0, 0.05) is 12.8 Å². The molecule has 0 saturated carbocycles. The second kappa shape index (κ2) is 9.49. The molecule has 0 aliphatic carbocycles. The van der Waals surface area contributed by atoms with Gasteiger partial charge < -0.3 is 14.4 Å². The van der Waals surface area contributed by atoms with Crippen molar-refractivity contribution in [3.8, 4) is 5.75 Å². The van der Waals surface area contributed by atoms with Crippen molar-refractivity contribution >= 4 is 11.6 Å². The number of anilines is 1. The predicted molar refractivity (Wildman–Crippen MR) is 118 cm³/mol. The highest BCUT2D eigenvalue weighted by atomic mass is 19.1. The molecule has 166 valence electrons. The zero-order valence-electron chi connectivity index (χ0n) is 18.0. The van der Waals surface area contributed by atoms with Crippen LogP contribution in [0.15, 0.2) is 72.8 Å². The first-order chi connectivity index (χ1) is 15.5. The molecule has 1 fully saturated rings. The summed E-state index contributed by atoms with van der Waals surface area (Å²) in [7, 11) is 3.22. The van der Waals surface area contributed by atoms with Crippen molar-refractivity contribution < 1.29 is 23.0 Å². The van der Waals surface area contributed by atoms with Crippen LogP contribution in [-0.2, 0) is 9.53 Å². The third-order valence-corrected chi connectivity index (χ3v) is 6.04. The summed E-state index contributed by atoms with van der Waals surface area (Å²) in [5.74, 6) is -0.160. The molecule has 1 aliphatic rings. The zero-order valence-corrected chi connectivity index (χ0v) is 18.0. The Morgan fingerprint density at radius 2 is 1.47 bits per heavy atom. The molecule has 1 amide bonds. The zero-order chi connectivity index (χ0) is 22.7. The van der Waals surface area contributed by atoms with Gasteiger partial charge in [-0.15, -0.1) is 0 Å². The van der Waals surface area contributed by atoms with E-state index in [4.69, 9.17) is 9.47 Å². The summed E-state index contributed by atoms with van der Waals surface area (Å²) < 4.78 is 37.6. The summed E-state index contributed by atoms with van der Waals surface area (Å²) in [4.78, 5) is 14.9. The van der Waals surface area contributed by atoms with Crippen LogP contribution in [-0.4, -0.2) is 20.1 Å². The lowest BCUT2D eigenvalue weighted by molar-refractivity contribution is -0.131. The van der Waals surface area contributed by atoms with Gasteiger partial charge in [-0.1, -0.05) is 24.3 Å². The van der Waals surface area contributed by atoms with Gasteiger partial charge in [0.2, 0.25) is 5.91 Å². The molecule has 3 unspecified atom stereocenters. The number of hydrogen-bond donors (Lipinski definition) is 0. The molecular weight excluding hydrogens is 412 g/mol. The van der Waals surface area contributed by atoms with Crippen LogP contribution in [0.3, 0.4) is 0 Å². The third-order valence-electron chi connectivity index (χ3n) is 6.04. The van der Waals surface area contributed by atoms with Gasteiger partial charge in [-0.2, -0.15) is 0 Å². The number of rotatable bonds is 8. The first kappa shape index (κ1) is 22.0. The van der Waals surface area contributed by atoms with Gasteiger partial charge in [-0.05, 0) is 72.5 Å². The maximum absolute atomic E-state index is 13.4. The number of benzene rings is 3. The number of ether oxygens (including phenoxy) is 2. The van der Waals surface area contributed by atoms with Crippen LogP contribution < -0.4 is 9.64 Å². The van der Waals surface area contributed by atoms with E-state index in [9.17, 15) is 13.6 Å². The molecule has 3 atom stereocenters. The van der Waals surface area contributed by atoms with E-state index in [-0.39, 0.29) is 35.6 Å². The van der Waals surface area contributed by atoms with Gasteiger partial charge in [-0.25, -0.2) is 8.78 Å². The van der Waals surface area contributed by atoms with Gasteiger partial charge in [0.1, 0.15) is 17.4 Å². The second-order valence-electron chi connectivity index (χ2n) is 7.86. The Hall–Kier alpha value is -3.25. The second-order valence-corrected chi connectivity index (χ2v) is 7.86. The molecule has 0 spiro atoms. The van der Waals surface area contributed by atoms with E-state index in [1.165, 1.54) is 24.3 Å². The average molecular weight is 437 g/mol. The van der Waals surface area contributed by atoms with E-state index in [1.54, 1.807) is 43.4 Å². The monoisotopic (exact) mass is 437 g/mol. The summed E-state index contributed by atoms with van der Waals surface area (Å²) in [6.45, 7) is 0. The van der Waals surface area contributed by atoms with E-state index < -0.39 is 0 Å². The van der Waals surface area contributed by atoms with Crippen molar-refractivity contribution in [1.82, 2.24) is 0 Å². The molecule has 4 nitrogen and oxygen atoms in total. The number of methoxy groups -OCH3 is 2. The fraction of sp³-hybridized carbons (Fsp3) is 0.269. The van der Waals surface area contributed by atoms with Gasteiger partial charge in [0.25, 0.3) is 0 Å². The molecule has 1 saturated heterocycles. The molecular formula is C26H25F2NO3. The maximum atomic E-state index is 13.4. The SMILES string of the molecule is COc1ccc(C2C(CCC(OC)c3ccc(F)cc3)C(=O)N2c2ccc(F)cc2)cc1. The van der Waals surface area contributed by atoms with Crippen LogP contribution >= 0.6 is 0 Å². The fourth-order valence-corrected chi connectivity index (χ4v) is 4.33. The minimum atomic E-state index is -0.346. The van der Waals surface area contributed by atoms with E-state index in [0.717, 1.165) is 16.9 Å². The topological polar surface area (TPSA) is 38.8 Å². The Balaban J connectivity index is 1.57. The van der Waals surface area contributed by atoms with Crippen molar-refractivity contribution in [2.75, 3.05) is 19.1 Å². The van der Waals surface area contributed by atoms with E-state index in [1.807, 2.05) is 24.3 Å². The average Bonchev–Trinajstić information content (AvgIpc) is 2.82. The van der Waals surface area contributed by atoms with Crippen molar-refractivity contribution in [2.24, 2.45) is 5.92 Å². The van der Waals surface area contributed by atoms with Crippen molar-refractivity contribution in [3.05, 3.63) is 95.6 Å². The summed E-state index contributed by atoms with van der Waals surface area (Å²) in [5.41, 5.74) is 2.52. The number of β-lactam (4-membered cyclic amide) rings is 1. The predicted octanol–water partition coefficient (Wildman–Crippen LogP) is 5.85. The van der Waals surface area contributed by atoms with Crippen LogP contribution in [0, 0.1) is 17.6 Å². The molecule has 0 aromatic heterocycles. The minimum absolute atomic E-state index is 0.00798. The highest BCUT2D eigenvalue weighted by molar-refractivity contribution is 6.03. The quantitative estimate of drug-likeness (QED) is 0.415. The molecule has 6 heteroatoms. The van der Waals surface area contributed by atoms with Crippen LogP contribution in [0.25, 0.3) is 0 Å². The van der Waals surface area contributed by atoms with Crippen molar-refractivity contribution in [3.63, 3.8) is 0 Å². The summed E-state index contributed by atoms with van der Waals surface area (Å²) in [5, 5.41) is 0. The number of carbonyl (C=O) groups excluding carboxylic acids is 1. The Bertz CT molecular complexity index is 1050. The van der Waals surface area contributed by atoms with E-state index in [2.05, 4.69) is 0 Å². The molecule has 0 bridgehead atoms. The first-order valence-corrected chi connectivity index (χ1v) is 10.5. The Morgan fingerprint density at radius 1 is 0.875 bits per heavy atom. The van der Waals surface area contributed by atoms with Crippen LogP contribution in [0.1, 0.15) is 36.1 Å². The lowest BCUT2D eigenvalue weighted by Gasteiger charge is -2.48. The van der Waals surface area contributed by atoms with Gasteiger partial charge in [0.05, 0.1) is 25.2 Å². The van der Waals surface area contributed by atoms with Crippen molar-refractivity contribution in [2.45, 2.75) is 25.0 Å². The Kier molecular flexibility index (Phi) is 6.51. The maximum Gasteiger partial charge on any atom is 0.233 e. The Labute approximate surface area is 186 Å². The fourth-order valence-electron chi connectivity index (χ4n) is 4.33. The van der Waals surface area contributed by atoms with Crippen LogP contribution in [0.2, 0.25) is 0 Å².